The third-order valence-electron chi connectivity index (χ3n) is 4.14. The lowest BCUT2D eigenvalue weighted by atomic mass is 10.1. The monoisotopic (exact) mass is 287 g/mol. The summed E-state index contributed by atoms with van der Waals surface area (Å²) in [4.78, 5) is 14.4. The Morgan fingerprint density at radius 2 is 1.86 bits per heavy atom. The smallest absolute Gasteiger partial charge is 0.253 e. The van der Waals surface area contributed by atoms with E-state index in [9.17, 15) is 4.79 Å². The lowest BCUT2D eigenvalue weighted by Gasteiger charge is -2.34. The van der Waals surface area contributed by atoms with E-state index < -0.39 is 0 Å². The molecule has 1 amide bonds. The van der Waals surface area contributed by atoms with Crippen LogP contribution in [0.25, 0.3) is 0 Å². The SMILES string of the molecule is COC1CCN(c2ccccc2N2N=C(C)CC2=O)CC1. The van der Waals surface area contributed by atoms with Crippen molar-refractivity contribution in [1.29, 1.82) is 0 Å². The highest BCUT2D eigenvalue weighted by Crippen LogP contribution is 2.33. The zero-order chi connectivity index (χ0) is 14.8. The van der Waals surface area contributed by atoms with Crippen LogP contribution in [0.15, 0.2) is 29.4 Å². The van der Waals surface area contributed by atoms with Gasteiger partial charge in [0.15, 0.2) is 0 Å². The number of rotatable bonds is 3. The molecule has 1 saturated heterocycles. The van der Waals surface area contributed by atoms with Gasteiger partial charge in [-0.15, -0.1) is 0 Å². The molecule has 2 aliphatic heterocycles. The van der Waals surface area contributed by atoms with Crippen molar-refractivity contribution in [2.24, 2.45) is 5.10 Å². The number of benzene rings is 1. The van der Waals surface area contributed by atoms with Crippen LogP contribution < -0.4 is 9.91 Å². The van der Waals surface area contributed by atoms with E-state index in [2.05, 4.69) is 16.1 Å². The van der Waals surface area contributed by atoms with E-state index in [0.717, 1.165) is 43.0 Å². The first-order valence-corrected chi connectivity index (χ1v) is 7.43. The van der Waals surface area contributed by atoms with E-state index in [4.69, 9.17) is 4.74 Å². The lowest BCUT2D eigenvalue weighted by Crippen LogP contribution is -2.37. The van der Waals surface area contributed by atoms with E-state index in [-0.39, 0.29) is 5.91 Å². The van der Waals surface area contributed by atoms with Crippen molar-refractivity contribution in [3.63, 3.8) is 0 Å². The first-order chi connectivity index (χ1) is 10.2. The molecule has 0 bridgehead atoms. The van der Waals surface area contributed by atoms with Crippen LogP contribution in [-0.2, 0) is 9.53 Å². The van der Waals surface area contributed by atoms with Crippen LogP contribution in [0.4, 0.5) is 11.4 Å². The lowest BCUT2D eigenvalue weighted by molar-refractivity contribution is -0.116. The summed E-state index contributed by atoms with van der Waals surface area (Å²) in [7, 11) is 1.77. The number of para-hydroxylation sites is 2. The van der Waals surface area contributed by atoms with E-state index in [1.54, 1.807) is 12.1 Å². The van der Waals surface area contributed by atoms with Gasteiger partial charge >= 0.3 is 0 Å². The zero-order valence-electron chi connectivity index (χ0n) is 12.6. The topological polar surface area (TPSA) is 45.1 Å². The standard InChI is InChI=1S/C16H21N3O2/c1-12-11-16(20)19(17-12)15-6-4-3-5-14(15)18-9-7-13(21-2)8-10-18/h3-6,13H,7-11H2,1-2H3. The maximum Gasteiger partial charge on any atom is 0.253 e. The Kier molecular flexibility index (Phi) is 3.92. The fourth-order valence-corrected chi connectivity index (χ4v) is 2.99. The van der Waals surface area contributed by atoms with Crippen LogP contribution in [0.1, 0.15) is 26.2 Å². The Morgan fingerprint density at radius 1 is 1.19 bits per heavy atom. The summed E-state index contributed by atoms with van der Waals surface area (Å²) in [5.74, 6) is 0.0479. The van der Waals surface area contributed by atoms with Crippen LogP contribution in [0.2, 0.25) is 0 Å². The maximum absolute atomic E-state index is 12.1. The molecule has 0 aliphatic carbocycles. The summed E-state index contributed by atoms with van der Waals surface area (Å²) in [6.07, 6.45) is 2.80. The molecule has 21 heavy (non-hydrogen) atoms. The highest BCUT2D eigenvalue weighted by atomic mass is 16.5. The zero-order valence-corrected chi connectivity index (χ0v) is 12.6. The highest BCUT2D eigenvalue weighted by molar-refractivity contribution is 6.13. The van der Waals surface area contributed by atoms with Crippen LogP contribution in [-0.4, -0.2) is 37.9 Å². The summed E-state index contributed by atoms with van der Waals surface area (Å²) in [5.41, 5.74) is 2.84. The van der Waals surface area contributed by atoms with Crippen molar-refractivity contribution in [1.82, 2.24) is 0 Å². The quantitative estimate of drug-likeness (QED) is 0.857. The van der Waals surface area contributed by atoms with E-state index in [1.807, 2.05) is 25.1 Å². The molecule has 3 rings (SSSR count). The van der Waals surface area contributed by atoms with E-state index >= 15 is 0 Å². The molecule has 0 unspecified atom stereocenters. The molecule has 5 nitrogen and oxygen atoms in total. The maximum atomic E-state index is 12.1. The first-order valence-electron chi connectivity index (χ1n) is 7.43. The van der Waals surface area contributed by atoms with Gasteiger partial charge in [-0.3, -0.25) is 4.79 Å². The van der Waals surface area contributed by atoms with Crippen molar-refractivity contribution < 1.29 is 9.53 Å². The number of ether oxygens (including phenoxy) is 1. The number of nitrogens with zero attached hydrogens (tertiary/aromatic N) is 3. The Labute approximate surface area is 125 Å². The average molecular weight is 287 g/mol. The largest absolute Gasteiger partial charge is 0.381 e. The van der Waals surface area contributed by atoms with Gasteiger partial charge in [0.1, 0.15) is 0 Å². The number of carbonyl (C=O) groups is 1. The van der Waals surface area contributed by atoms with Gasteiger partial charge in [-0.25, -0.2) is 0 Å². The highest BCUT2D eigenvalue weighted by Gasteiger charge is 2.27. The fourth-order valence-electron chi connectivity index (χ4n) is 2.99. The normalized spacial score (nSPS) is 20.1. The van der Waals surface area contributed by atoms with Gasteiger partial charge in [0.25, 0.3) is 5.91 Å². The van der Waals surface area contributed by atoms with Gasteiger partial charge < -0.3 is 9.64 Å². The predicted molar refractivity (Wildman–Crippen MR) is 83.9 cm³/mol. The summed E-state index contributed by atoms with van der Waals surface area (Å²) in [6.45, 7) is 3.78. The van der Waals surface area contributed by atoms with Gasteiger partial charge in [-0.2, -0.15) is 10.1 Å². The molecule has 0 saturated carbocycles. The molecule has 0 radical (unpaired) electrons. The summed E-state index contributed by atoms with van der Waals surface area (Å²) in [5, 5.41) is 5.92. The van der Waals surface area contributed by atoms with Crippen molar-refractivity contribution in [2.45, 2.75) is 32.3 Å². The minimum Gasteiger partial charge on any atom is -0.381 e. The number of hydrogen-bond acceptors (Lipinski definition) is 4. The molecular weight excluding hydrogens is 266 g/mol. The second-order valence-electron chi connectivity index (χ2n) is 5.63. The van der Waals surface area contributed by atoms with Gasteiger partial charge in [-0.05, 0) is 31.9 Å². The van der Waals surface area contributed by atoms with Crippen molar-refractivity contribution in [3.8, 4) is 0 Å². The second kappa shape index (κ2) is 5.85. The number of piperidine rings is 1. The fraction of sp³-hybridized carbons (Fsp3) is 0.500. The predicted octanol–water partition coefficient (Wildman–Crippen LogP) is 2.41. The molecule has 1 fully saturated rings. The molecule has 0 spiro atoms. The number of anilines is 2. The van der Waals surface area contributed by atoms with E-state index in [0.29, 0.717) is 12.5 Å². The third kappa shape index (κ3) is 2.78. The molecule has 1 aromatic carbocycles. The van der Waals surface area contributed by atoms with Crippen LogP contribution in [0.5, 0.6) is 0 Å². The molecule has 2 heterocycles. The number of methoxy groups -OCH3 is 1. The van der Waals surface area contributed by atoms with E-state index in [1.165, 1.54) is 0 Å². The average Bonchev–Trinajstić information content (AvgIpc) is 2.86. The van der Waals surface area contributed by atoms with Crippen LogP contribution >= 0.6 is 0 Å². The Morgan fingerprint density at radius 3 is 2.43 bits per heavy atom. The Bertz CT molecular complexity index is 562. The van der Waals surface area contributed by atoms with Crippen molar-refractivity contribution in [3.05, 3.63) is 24.3 Å². The van der Waals surface area contributed by atoms with Crippen LogP contribution in [0.3, 0.4) is 0 Å². The first kappa shape index (κ1) is 14.1. The molecule has 112 valence electrons. The Balaban J connectivity index is 1.85. The number of hydrazone groups is 1. The summed E-state index contributed by atoms with van der Waals surface area (Å²) < 4.78 is 5.42. The number of hydrogen-bond donors (Lipinski definition) is 0. The summed E-state index contributed by atoms with van der Waals surface area (Å²) >= 11 is 0. The molecule has 0 N–H and O–H groups in total. The number of carbonyl (C=O) groups excluding carboxylic acids is 1. The Hall–Kier alpha value is -1.88. The van der Waals surface area contributed by atoms with Gasteiger partial charge in [-0.1, -0.05) is 12.1 Å². The van der Waals surface area contributed by atoms with Gasteiger partial charge in [0, 0.05) is 25.9 Å². The van der Waals surface area contributed by atoms with Crippen LogP contribution in [0, 0.1) is 0 Å². The molecule has 0 atom stereocenters. The molecular formula is C16H21N3O2. The van der Waals surface area contributed by atoms with Gasteiger partial charge in [0.2, 0.25) is 0 Å². The van der Waals surface area contributed by atoms with Crippen molar-refractivity contribution in [2.75, 3.05) is 30.1 Å². The molecule has 0 aromatic heterocycles. The second-order valence-corrected chi connectivity index (χ2v) is 5.63. The minimum absolute atomic E-state index is 0.0479. The summed E-state index contributed by atoms with van der Waals surface area (Å²) in [6, 6.07) is 8.01. The van der Waals surface area contributed by atoms with Crippen molar-refractivity contribution >= 4 is 23.0 Å². The number of amides is 1. The molecule has 2 aliphatic rings. The molecule has 1 aromatic rings. The van der Waals surface area contributed by atoms with Gasteiger partial charge in [0.05, 0.1) is 23.9 Å². The molecule has 5 heteroatoms. The third-order valence-corrected chi connectivity index (χ3v) is 4.14. The minimum atomic E-state index is 0.0479.